The molecule has 8 atom stereocenters. The number of ether oxygens (including phenoxy) is 4. The van der Waals surface area contributed by atoms with Gasteiger partial charge in [-0.05, 0) is 0 Å². The molecule has 22 heavy (non-hydrogen) atoms. The van der Waals surface area contributed by atoms with E-state index in [-0.39, 0.29) is 13.2 Å². The Kier molecular flexibility index (Phi) is 4.19. The zero-order valence-electron chi connectivity index (χ0n) is 11.6. The molecule has 0 saturated carbocycles. The summed E-state index contributed by atoms with van der Waals surface area (Å²) >= 11 is 0. The second-order valence-corrected chi connectivity index (χ2v) is 5.75. The lowest BCUT2D eigenvalue weighted by Crippen LogP contribution is -2.50. The van der Waals surface area contributed by atoms with Crippen LogP contribution in [0.5, 0.6) is 0 Å². The summed E-state index contributed by atoms with van der Waals surface area (Å²) in [6.07, 6.45) is -8.01. The Morgan fingerprint density at radius 2 is 1.09 bits per heavy atom. The minimum atomic E-state index is -1.87. The molecule has 3 heterocycles. The van der Waals surface area contributed by atoms with Gasteiger partial charge in [0.25, 0.3) is 0 Å². The molecule has 8 unspecified atom stereocenters. The first-order chi connectivity index (χ1) is 10.4. The Morgan fingerprint density at radius 3 is 1.41 bits per heavy atom. The zero-order valence-corrected chi connectivity index (χ0v) is 11.6. The normalized spacial score (nSPS) is 55.4. The van der Waals surface area contributed by atoms with E-state index in [2.05, 4.69) is 0 Å². The van der Waals surface area contributed by atoms with Gasteiger partial charge in [-0.25, -0.2) is 0 Å². The molecular weight excluding hydrogens is 304 g/mol. The maximum atomic E-state index is 10.0. The van der Waals surface area contributed by atoms with Gasteiger partial charge in [-0.3, -0.25) is 0 Å². The molecule has 0 aliphatic carbocycles. The van der Waals surface area contributed by atoms with E-state index in [0.717, 1.165) is 0 Å². The highest BCUT2D eigenvalue weighted by Gasteiger charge is 2.61. The quantitative estimate of drug-likeness (QED) is 0.293. The van der Waals surface area contributed by atoms with E-state index in [0.29, 0.717) is 0 Å². The summed E-state index contributed by atoms with van der Waals surface area (Å²) in [5.74, 6) is -3.74. The molecule has 3 aliphatic heterocycles. The summed E-state index contributed by atoms with van der Waals surface area (Å²) in [5.41, 5.74) is 0. The summed E-state index contributed by atoms with van der Waals surface area (Å²) in [7, 11) is 0. The molecule has 6 N–H and O–H groups in total. The number of fused-ring (bicyclic) bond motifs is 4. The standard InChI is InChI=1S/C12H20O10/c13-3-11-10(18)8(16)6(22-11)2-20-12(4-14)9(17)7(15)5(21-12)1-19-11/h5-10,13-18H,1-4H2. The van der Waals surface area contributed by atoms with Crippen molar-refractivity contribution in [3.05, 3.63) is 0 Å². The Hall–Kier alpha value is -0.400. The van der Waals surface area contributed by atoms with Crippen LogP contribution in [0.25, 0.3) is 0 Å². The highest BCUT2D eigenvalue weighted by molar-refractivity contribution is 5.01. The van der Waals surface area contributed by atoms with Crippen molar-refractivity contribution in [1.29, 1.82) is 0 Å². The van der Waals surface area contributed by atoms with Crippen molar-refractivity contribution < 1.29 is 49.6 Å². The first-order valence-electron chi connectivity index (χ1n) is 6.96. The van der Waals surface area contributed by atoms with Crippen LogP contribution in [0, 0.1) is 0 Å². The summed E-state index contributed by atoms with van der Waals surface area (Å²) in [4.78, 5) is 0. The van der Waals surface area contributed by atoms with Gasteiger partial charge in [0.05, 0.1) is 13.2 Å². The van der Waals surface area contributed by atoms with Gasteiger partial charge in [0.2, 0.25) is 11.6 Å². The molecule has 0 amide bonds. The van der Waals surface area contributed by atoms with Crippen molar-refractivity contribution >= 4 is 0 Å². The minimum Gasteiger partial charge on any atom is -0.391 e. The Labute approximate surface area is 125 Å². The maximum absolute atomic E-state index is 10.0. The smallest absolute Gasteiger partial charge is 0.221 e. The van der Waals surface area contributed by atoms with Crippen molar-refractivity contribution in [3.63, 3.8) is 0 Å². The van der Waals surface area contributed by atoms with Crippen LogP contribution in [-0.4, -0.2) is 105 Å². The van der Waals surface area contributed by atoms with Crippen LogP contribution < -0.4 is 0 Å². The van der Waals surface area contributed by atoms with Gasteiger partial charge < -0.3 is 49.6 Å². The van der Waals surface area contributed by atoms with Crippen LogP contribution >= 0.6 is 0 Å². The molecule has 128 valence electrons. The van der Waals surface area contributed by atoms with Crippen molar-refractivity contribution in [2.75, 3.05) is 26.4 Å². The average molecular weight is 324 g/mol. The van der Waals surface area contributed by atoms with E-state index in [1.54, 1.807) is 0 Å². The molecule has 3 aliphatic rings. The van der Waals surface area contributed by atoms with Crippen LogP contribution in [0.1, 0.15) is 0 Å². The van der Waals surface area contributed by atoms with Crippen LogP contribution in [0.2, 0.25) is 0 Å². The van der Waals surface area contributed by atoms with Gasteiger partial charge in [0.1, 0.15) is 49.8 Å². The second kappa shape index (κ2) is 5.60. The molecule has 3 rings (SSSR count). The molecule has 0 radical (unpaired) electrons. The monoisotopic (exact) mass is 324 g/mol. The lowest BCUT2D eigenvalue weighted by Gasteiger charge is -2.34. The molecule has 10 heteroatoms. The molecule has 0 spiro atoms. The number of aliphatic hydroxyl groups is 6. The zero-order chi connectivity index (χ0) is 16.1. The summed E-state index contributed by atoms with van der Waals surface area (Å²) in [6.45, 7) is -2.20. The SMILES string of the molecule is OCC12OCC3OC(CO)(OCC(O1)C(O)C2O)C(O)C3O. The Balaban J connectivity index is 1.90. The van der Waals surface area contributed by atoms with Crippen molar-refractivity contribution in [3.8, 4) is 0 Å². The Morgan fingerprint density at radius 1 is 0.727 bits per heavy atom. The van der Waals surface area contributed by atoms with E-state index in [4.69, 9.17) is 18.9 Å². The average Bonchev–Trinajstić information content (AvgIpc) is 2.91. The van der Waals surface area contributed by atoms with E-state index < -0.39 is 61.4 Å². The van der Waals surface area contributed by atoms with Crippen LogP contribution in [0.15, 0.2) is 0 Å². The first kappa shape index (κ1) is 16.5. The summed E-state index contributed by atoms with van der Waals surface area (Å²) in [6, 6.07) is 0. The van der Waals surface area contributed by atoms with Crippen molar-refractivity contribution in [1.82, 2.24) is 0 Å². The highest BCUT2D eigenvalue weighted by atomic mass is 16.8. The van der Waals surface area contributed by atoms with Gasteiger partial charge >= 0.3 is 0 Å². The van der Waals surface area contributed by atoms with Crippen molar-refractivity contribution in [2.24, 2.45) is 0 Å². The molecular formula is C12H20O10. The summed E-state index contributed by atoms with van der Waals surface area (Å²) < 4.78 is 21.5. The van der Waals surface area contributed by atoms with E-state index in [1.165, 1.54) is 0 Å². The molecule has 0 aromatic carbocycles. The Bertz CT molecular complexity index is 383. The molecule has 0 aromatic rings. The third kappa shape index (κ3) is 2.19. The number of aliphatic hydroxyl groups excluding tert-OH is 6. The molecule has 3 fully saturated rings. The topological polar surface area (TPSA) is 158 Å². The van der Waals surface area contributed by atoms with Crippen LogP contribution in [-0.2, 0) is 18.9 Å². The number of hydrogen-bond acceptors (Lipinski definition) is 10. The lowest BCUT2D eigenvalue weighted by atomic mass is 10.0. The maximum Gasteiger partial charge on any atom is 0.221 e. The number of hydrogen-bond donors (Lipinski definition) is 6. The van der Waals surface area contributed by atoms with Gasteiger partial charge in [-0.1, -0.05) is 0 Å². The molecule has 4 bridgehead atoms. The van der Waals surface area contributed by atoms with Crippen molar-refractivity contribution in [2.45, 2.75) is 48.2 Å². The van der Waals surface area contributed by atoms with E-state index in [1.807, 2.05) is 0 Å². The van der Waals surface area contributed by atoms with Gasteiger partial charge in [-0.2, -0.15) is 0 Å². The van der Waals surface area contributed by atoms with Gasteiger partial charge in [-0.15, -0.1) is 0 Å². The largest absolute Gasteiger partial charge is 0.391 e. The lowest BCUT2D eigenvalue weighted by molar-refractivity contribution is -0.328. The third-order valence-electron chi connectivity index (χ3n) is 4.44. The number of rotatable bonds is 2. The second-order valence-electron chi connectivity index (χ2n) is 5.75. The summed E-state index contributed by atoms with van der Waals surface area (Å²) in [5, 5.41) is 59.0. The molecule has 3 saturated heterocycles. The first-order valence-corrected chi connectivity index (χ1v) is 6.96. The fourth-order valence-corrected chi connectivity index (χ4v) is 3.02. The predicted molar refractivity (Wildman–Crippen MR) is 65.3 cm³/mol. The molecule has 10 nitrogen and oxygen atoms in total. The van der Waals surface area contributed by atoms with Crippen LogP contribution in [0.4, 0.5) is 0 Å². The van der Waals surface area contributed by atoms with E-state index in [9.17, 15) is 30.6 Å². The van der Waals surface area contributed by atoms with E-state index >= 15 is 0 Å². The highest BCUT2D eigenvalue weighted by Crippen LogP contribution is 2.39. The predicted octanol–water partition coefficient (Wildman–Crippen LogP) is -4.35. The van der Waals surface area contributed by atoms with Crippen LogP contribution in [0.3, 0.4) is 0 Å². The van der Waals surface area contributed by atoms with Gasteiger partial charge in [0.15, 0.2) is 0 Å². The third-order valence-corrected chi connectivity index (χ3v) is 4.44. The fourth-order valence-electron chi connectivity index (χ4n) is 3.02. The minimum absolute atomic E-state index is 0.361. The fraction of sp³-hybridized carbons (Fsp3) is 1.00. The molecule has 0 aromatic heterocycles. The van der Waals surface area contributed by atoms with Gasteiger partial charge in [0, 0.05) is 0 Å².